The van der Waals surface area contributed by atoms with Gasteiger partial charge in [0.1, 0.15) is 5.75 Å². The molecular weight excluding hydrogens is 270 g/mol. The maximum Gasteiger partial charge on any atom is 0.122 e. The average Bonchev–Trinajstić information content (AvgIpc) is 2.93. The lowest BCUT2D eigenvalue weighted by molar-refractivity contribution is 0.357. The van der Waals surface area contributed by atoms with Gasteiger partial charge in [0.05, 0.1) is 6.61 Å². The first-order valence-corrected chi connectivity index (χ1v) is 7.29. The molecule has 1 unspecified atom stereocenters. The van der Waals surface area contributed by atoms with Crippen LogP contribution in [0.5, 0.6) is 5.75 Å². The van der Waals surface area contributed by atoms with Gasteiger partial charge in [-0.3, -0.25) is 0 Å². The van der Waals surface area contributed by atoms with Crippen LogP contribution in [0, 0.1) is 0 Å². The Balaban J connectivity index is 1.97. The highest BCUT2D eigenvalue weighted by molar-refractivity contribution is 6.31. The van der Waals surface area contributed by atoms with E-state index in [4.69, 9.17) is 16.3 Å². The topological polar surface area (TPSA) is 21.3 Å². The van der Waals surface area contributed by atoms with Crippen molar-refractivity contribution in [3.8, 4) is 16.9 Å². The molecule has 104 valence electrons. The van der Waals surface area contributed by atoms with E-state index in [1.807, 2.05) is 13.1 Å². The third-order valence-corrected chi connectivity index (χ3v) is 4.25. The number of fused-ring (bicyclic) bond motifs is 1. The predicted octanol–water partition coefficient (Wildman–Crippen LogP) is 4.22. The third-order valence-electron chi connectivity index (χ3n) is 3.92. The fraction of sp³-hybridized carbons (Fsp3) is 0.294. The summed E-state index contributed by atoms with van der Waals surface area (Å²) in [7, 11) is 1.94. The molecule has 0 radical (unpaired) electrons. The molecule has 1 atom stereocenters. The second-order valence-corrected chi connectivity index (χ2v) is 5.57. The first-order valence-electron chi connectivity index (χ1n) is 6.92. The van der Waals surface area contributed by atoms with Gasteiger partial charge in [-0.1, -0.05) is 29.8 Å². The van der Waals surface area contributed by atoms with Gasteiger partial charge in [-0.15, -0.1) is 0 Å². The number of hydrogen-bond acceptors (Lipinski definition) is 2. The van der Waals surface area contributed by atoms with E-state index in [0.29, 0.717) is 0 Å². The molecule has 20 heavy (non-hydrogen) atoms. The van der Waals surface area contributed by atoms with Crippen LogP contribution in [0.2, 0.25) is 5.02 Å². The van der Waals surface area contributed by atoms with Gasteiger partial charge in [0, 0.05) is 17.5 Å². The molecule has 0 saturated carbocycles. The second-order valence-electron chi connectivity index (χ2n) is 5.17. The van der Waals surface area contributed by atoms with E-state index in [1.165, 1.54) is 11.1 Å². The largest absolute Gasteiger partial charge is 0.493 e. The van der Waals surface area contributed by atoms with E-state index >= 15 is 0 Å². The summed E-state index contributed by atoms with van der Waals surface area (Å²) < 4.78 is 5.54. The van der Waals surface area contributed by atoms with Gasteiger partial charge in [-0.2, -0.15) is 0 Å². The fourth-order valence-corrected chi connectivity index (χ4v) is 2.92. The molecule has 1 N–H and O–H groups in total. The smallest absolute Gasteiger partial charge is 0.122 e. The van der Waals surface area contributed by atoms with E-state index in [2.05, 4.69) is 42.6 Å². The van der Waals surface area contributed by atoms with Crippen LogP contribution in [-0.4, -0.2) is 13.7 Å². The molecule has 0 bridgehead atoms. The summed E-state index contributed by atoms with van der Waals surface area (Å²) in [5.74, 6) is 1.01. The molecule has 0 aromatic heterocycles. The predicted molar refractivity (Wildman–Crippen MR) is 83.6 cm³/mol. The molecule has 0 aliphatic carbocycles. The average molecular weight is 288 g/mol. The summed E-state index contributed by atoms with van der Waals surface area (Å²) >= 11 is 6.41. The number of ether oxygens (including phenoxy) is 1. The molecule has 1 heterocycles. The lowest BCUT2D eigenvalue weighted by Gasteiger charge is -2.14. The Morgan fingerprint density at radius 3 is 2.65 bits per heavy atom. The summed E-state index contributed by atoms with van der Waals surface area (Å²) in [6, 6.07) is 12.9. The molecule has 0 saturated heterocycles. The van der Waals surface area contributed by atoms with Gasteiger partial charge >= 0.3 is 0 Å². The van der Waals surface area contributed by atoms with E-state index in [1.54, 1.807) is 0 Å². The van der Waals surface area contributed by atoms with E-state index in [-0.39, 0.29) is 6.04 Å². The normalized spacial score (nSPS) is 14.8. The van der Waals surface area contributed by atoms with Crippen molar-refractivity contribution in [3.63, 3.8) is 0 Å². The molecule has 2 aromatic carbocycles. The monoisotopic (exact) mass is 287 g/mol. The number of rotatable bonds is 3. The molecule has 3 rings (SSSR count). The van der Waals surface area contributed by atoms with Crippen LogP contribution in [0.4, 0.5) is 0 Å². The summed E-state index contributed by atoms with van der Waals surface area (Å²) in [5.41, 5.74) is 4.75. The molecule has 2 aromatic rings. The van der Waals surface area contributed by atoms with E-state index in [9.17, 15) is 0 Å². The summed E-state index contributed by atoms with van der Waals surface area (Å²) in [5, 5.41) is 4.02. The maximum absolute atomic E-state index is 6.41. The molecule has 1 aliphatic rings. The summed E-state index contributed by atoms with van der Waals surface area (Å²) in [6.45, 7) is 2.89. The van der Waals surface area contributed by atoms with Gasteiger partial charge < -0.3 is 10.1 Å². The Labute approximate surface area is 124 Å². The Morgan fingerprint density at radius 1 is 1.15 bits per heavy atom. The summed E-state index contributed by atoms with van der Waals surface area (Å²) in [4.78, 5) is 0. The summed E-state index contributed by atoms with van der Waals surface area (Å²) in [6.07, 6.45) is 0.992. The van der Waals surface area contributed by atoms with Crippen LogP contribution in [0.25, 0.3) is 11.1 Å². The third kappa shape index (κ3) is 2.41. The van der Waals surface area contributed by atoms with Gasteiger partial charge in [0.15, 0.2) is 0 Å². The van der Waals surface area contributed by atoms with E-state index in [0.717, 1.165) is 34.9 Å². The minimum atomic E-state index is 0.255. The van der Waals surface area contributed by atoms with Crippen molar-refractivity contribution < 1.29 is 4.74 Å². The molecule has 0 amide bonds. The second kappa shape index (κ2) is 5.47. The first-order chi connectivity index (χ1) is 9.69. The first kappa shape index (κ1) is 13.5. The highest BCUT2D eigenvalue weighted by Crippen LogP contribution is 2.33. The highest BCUT2D eigenvalue weighted by Gasteiger charge is 2.14. The molecule has 3 heteroatoms. The Hall–Kier alpha value is -1.51. The number of halogens is 1. The zero-order chi connectivity index (χ0) is 14.1. The van der Waals surface area contributed by atoms with Crippen molar-refractivity contribution in [1.29, 1.82) is 0 Å². The molecule has 0 spiro atoms. The van der Waals surface area contributed by atoms with Gasteiger partial charge in [-0.25, -0.2) is 0 Å². The lowest BCUT2D eigenvalue weighted by atomic mass is 9.99. The van der Waals surface area contributed by atoms with Gasteiger partial charge in [-0.05, 0) is 54.4 Å². The van der Waals surface area contributed by atoms with Crippen molar-refractivity contribution >= 4 is 11.6 Å². The van der Waals surface area contributed by atoms with Crippen molar-refractivity contribution in [3.05, 3.63) is 52.5 Å². The van der Waals surface area contributed by atoms with Gasteiger partial charge in [0.25, 0.3) is 0 Å². The van der Waals surface area contributed by atoms with E-state index < -0.39 is 0 Å². The van der Waals surface area contributed by atoms with Crippen LogP contribution in [-0.2, 0) is 6.42 Å². The fourth-order valence-electron chi connectivity index (χ4n) is 2.58. The maximum atomic E-state index is 6.41. The molecular formula is C17H18ClNO. The Kier molecular flexibility index (Phi) is 3.68. The highest BCUT2D eigenvalue weighted by atomic mass is 35.5. The van der Waals surface area contributed by atoms with Crippen LogP contribution >= 0.6 is 11.6 Å². The number of nitrogens with one attached hydrogen (secondary N) is 1. The number of hydrogen-bond donors (Lipinski definition) is 1. The Morgan fingerprint density at radius 2 is 1.90 bits per heavy atom. The van der Waals surface area contributed by atoms with Gasteiger partial charge in [0.2, 0.25) is 0 Å². The standard InChI is InChI=1S/C17H18ClNO/c1-11(19-2)15-5-3-13(10-16(15)18)12-4-6-17-14(9-12)7-8-20-17/h3-6,9-11,19H,7-8H2,1-2H3. The zero-order valence-electron chi connectivity index (χ0n) is 11.7. The molecule has 2 nitrogen and oxygen atoms in total. The number of benzene rings is 2. The van der Waals surface area contributed by atoms with Crippen molar-refractivity contribution in [2.45, 2.75) is 19.4 Å². The van der Waals surface area contributed by atoms with Crippen molar-refractivity contribution in [2.24, 2.45) is 0 Å². The van der Waals surface area contributed by atoms with Crippen LogP contribution in [0.3, 0.4) is 0 Å². The van der Waals surface area contributed by atoms with Crippen molar-refractivity contribution in [2.75, 3.05) is 13.7 Å². The lowest BCUT2D eigenvalue weighted by Crippen LogP contribution is -2.12. The zero-order valence-corrected chi connectivity index (χ0v) is 12.5. The van der Waals surface area contributed by atoms with Crippen LogP contribution in [0.1, 0.15) is 24.1 Å². The van der Waals surface area contributed by atoms with Crippen molar-refractivity contribution in [1.82, 2.24) is 5.32 Å². The van der Waals surface area contributed by atoms with Crippen LogP contribution < -0.4 is 10.1 Å². The molecule has 1 aliphatic heterocycles. The Bertz CT molecular complexity index is 639. The molecule has 0 fully saturated rings. The minimum absolute atomic E-state index is 0.255. The quantitative estimate of drug-likeness (QED) is 0.912. The van der Waals surface area contributed by atoms with Crippen LogP contribution in [0.15, 0.2) is 36.4 Å². The SMILES string of the molecule is CNC(C)c1ccc(-c2ccc3c(c2)CCO3)cc1Cl. The minimum Gasteiger partial charge on any atom is -0.493 e.